The highest BCUT2D eigenvalue weighted by Crippen LogP contribution is 2.46. The summed E-state index contributed by atoms with van der Waals surface area (Å²) < 4.78 is 2.33. The van der Waals surface area contributed by atoms with E-state index in [1.807, 2.05) is 0 Å². The van der Waals surface area contributed by atoms with Crippen molar-refractivity contribution in [3.8, 4) is 0 Å². The van der Waals surface area contributed by atoms with Gasteiger partial charge in [-0.05, 0) is 66.8 Å². The van der Waals surface area contributed by atoms with E-state index in [0.717, 1.165) is 0 Å². The van der Waals surface area contributed by atoms with Crippen LogP contribution in [-0.2, 0) is 7.05 Å². The monoisotopic (exact) mass is 313 g/mol. The molecule has 0 saturated carbocycles. The van der Waals surface area contributed by atoms with Crippen LogP contribution < -0.4 is 0 Å². The minimum absolute atomic E-state index is 1.32. The zero-order valence-electron chi connectivity index (χ0n) is 15.1. The third-order valence-corrected chi connectivity index (χ3v) is 5.49. The highest BCUT2D eigenvalue weighted by Gasteiger charge is 2.24. The molecule has 0 radical (unpaired) electrons. The van der Waals surface area contributed by atoms with Crippen molar-refractivity contribution in [3.63, 3.8) is 0 Å². The largest absolute Gasteiger partial charge is 0.347 e. The first-order chi connectivity index (χ1) is 11.6. The lowest BCUT2D eigenvalue weighted by Crippen LogP contribution is -1.95. The molecule has 0 bridgehead atoms. The van der Waals surface area contributed by atoms with Gasteiger partial charge in [-0.15, -0.1) is 0 Å². The zero-order valence-corrected chi connectivity index (χ0v) is 15.1. The molecule has 0 N–H and O–H groups in total. The van der Waals surface area contributed by atoms with Crippen molar-refractivity contribution in [2.45, 2.75) is 27.7 Å². The summed E-state index contributed by atoms with van der Waals surface area (Å²) >= 11 is 0. The van der Waals surface area contributed by atoms with Gasteiger partial charge in [-0.25, -0.2) is 0 Å². The first kappa shape index (κ1) is 15.0. The van der Waals surface area contributed by atoms with Gasteiger partial charge in [-0.2, -0.15) is 0 Å². The third kappa shape index (κ3) is 1.76. The average molecular weight is 313 g/mol. The van der Waals surface area contributed by atoms with E-state index in [4.69, 9.17) is 0 Å². The fourth-order valence-corrected chi connectivity index (χ4v) is 4.24. The summed E-state index contributed by atoms with van der Waals surface area (Å²) in [6.45, 7) is 8.75. The molecule has 1 aliphatic carbocycles. The number of nitrogens with zero attached hydrogens (tertiary/aromatic N) is 1. The molecule has 1 aliphatic rings. The van der Waals surface area contributed by atoms with Crippen LogP contribution in [-0.4, -0.2) is 4.57 Å². The lowest BCUT2D eigenvalue weighted by molar-refractivity contribution is 0.915. The molecule has 24 heavy (non-hydrogen) atoms. The fraction of sp³-hybridized carbons (Fsp3) is 0.217. The SMILES string of the molecule is C/C=C\C1=C(C)c2cccc3ccc4c(c(c(C)n4C)/C1=C\C)c23. The molecule has 2 aromatic carbocycles. The standard InChI is InChI=1S/C23H23N/c1-6-9-18-14(3)19-11-8-10-16-12-13-20-23(22(16)19)21(17(18)7-2)15(4)24(20)5/h6-13H,1-5H3/b9-6-,17-7-. The second kappa shape index (κ2) is 5.24. The van der Waals surface area contributed by atoms with E-state index in [2.05, 4.69) is 87.9 Å². The number of rotatable bonds is 1. The maximum absolute atomic E-state index is 2.33. The Morgan fingerprint density at radius 1 is 0.958 bits per heavy atom. The summed E-state index contributed by atoms with van der Waals surface area (Å²) in [5.74, 6) is 0. The molecule has 0 saturated heterocycles. The fourth-order valence-electron chi connectivity index (χ4n) is 4.24. The number of aryl methyl sites for hydroxylation is 1. The van der Waals surface area contributed by atoms with Gasteiger partial charge < -0.3 is 4.57 Å². The summed E-state index contributed by atoms with van der Waals surface area (Å²) in [5, 5.41) is 4.11. The molecule has 0 atom stereocenters. The van der Waals surface area contributed by atoms with Gasteiger partial charge in [0.15, 0.2) is 0 Å². The molecule has 0 aliphatic heterocycles. The van der Waals surface area contributed by atoms with Crippen molar-refractivity contribution >= 4 is 32.8 Å². The van der Waals surface area contributed by atoms with E-state index in [1.54, 1.807) is 0 Å². The molecule has 3 aromatic rings. The summed E-state index contributed by atoms with van der Waals surface area (Å²) in [4.78, 5) is 0. The molecule has 120 valence electrons. The van der Waals surface area contributed by atoms with Crippen LogP contribution >= 0.6 is 0 Å². The van der Waals surface area contributed by atoms with Gasteiger partial charge in [0.25, 0.3) is 0 Å². The smallest absolute Gasteiger partial charge is 0.0493 e. The minimum Gasteiger partial charge on any atom is -0.347 e. The van der Waals surface area contributed by atoms with E-state index >= 15 is 0 Å². The molecule has 0 fully saturated rings. The molecular weight excluding hydrogens is 290 g/mol. The Bertz CT molecular complexity index is 1080. The van der Waals surface area contributed by atoms with Gasteiger partial charge in [-0.3, -0.25) is 0 Å². The predicted molar refractivity (Wildman–Crippen MR) is 106 cm³/mol. The quantitative estimate of drug-likeness (QED) is 0.489. The van der Waals surface area contributed by atoms with Crippen LogP contribution in [0.3, 0.4) is 0 Å². The first-order valence-corrected chi connectivity index (χ1v) is 8.61. The summed E-state index contributed by atoms with van der Waals surface area (Å²) in [7, 11) is 2.18. The lowest BCUT2D eigenvalue weighted by Gasteiger charge is -2.12. The van der Waals surface area contributed by atoms with E-state index in [-0.39, 0.29) is 0 Å². The van der Waals surface area contributed by atoms with E-state index in [1.165, 1.54) is 55.2 Å². The summed E-state index contributed by atoms with van der Waals surface area (Å²) in [6.07, 6.45) is 6.67. The number of benzene rings is 2. The number of hydrogen-bond donors (Lipinski definition) is 0. The molecule has 1 heteroatoms. The van der Waals surface area contributed by atoms with Crippen LogP contribution in [0.1, 0.15) is 37.6 Å². The van der Waals surface area contributed by atoms with Gasteiger partial charge >= 0.3 is 0 Å². The molecular formula is C23H23N. The Labute approximate surface area is 143 Å². The Balaban J connectivity index is 2.37. The number of allylic oxidation sites excluding steroid dienone is 6. The van der Waals surface area contributed by atoms with Crippen molar-refractivity contribution < 1.29 is 0 Å². The average Bonchev–Trinajstić information content (AvgIpc) is 2.79. The predicted octanol–water partition coefficient (Wildman–Crippen LogP) is 6.41. The highest BCUT2D eigenvalue weighted by atomic mass is 14.9. The van der Waals surface area contributed by atoms with Crippen molar-refractivity contribution in [1.29, 1.82) is 0 Å². The molecule has 1 nitrogen and oxygen atoms in total. The Morgan fingerprint density at radius 3 is 2.46 bits per heavy atom. The maximum atomic E-state index is 2.33. The van der Waals surface area contributed by atoms with Crippen LogP contribution in [0.25, 0.3) is 32.8 Å². The summed E-state index contributed by atoms with van der Waals surface area (Å²) in [6, 6.07) is 11.2. The van der Waals surface area contributed by atoms with Gasteiger partial charge in [-0.1, -0.05) is 42.5 Å². The van der Waals surface area contributed by atoms with E-state index < -0.39 is 0 Å². The lowest BCUT2D eigenvalue weighted by atomic mass is 9.93. The van der Waals surface area contributed by atoms with Gasteiger partial charge in [0, 0.05) is 29.2 Å². The molecule has 1 aromatic heterocycles. The second-order valence-corrected chi connectivity index (χ2v) is 6.62. The van der Waals surface area contributed by atoms with Crippen LogP contribution in [0.5, 0.6) is 0 Å². The van der Waals surface area contributed by atoms with Crippen LogP contribution in [0, 0.1) is 6.92 Å². The Morgan fingerprint density at radius 2 is 1.75 bits per heavy atom. The first-order valence-electron chi connectivity index (χ1n) is 8.61. The van der Waals surface area contributed by atoms with E-state index in [0.29, 0.717) is 0 Å². The maximum Gasteiger partial charge on any atom is 0.0493 e. The molecule has 4 rings (SSSR count). The third-order valence-electron chi connectivity index (χ3n) is 5.49. The Hall–Kier alpha value is -2.54. The molecule has 1 heterocycles. The number of hydrogen-bond acceptors (Lipinski definition) is 0. The second-order valence-electron chi connectivity index (χ2n) is 6.62. The number of aromatic nitrogens is 1. The highest BCUT2D eigenvalue weighted by molar-refractivity contribution is 6.20. The van der Waals surface area contributed by atoms with Crippen molar-refractivity contribution in [2.75, 3.05) is 0 Å². The normalized spacial score (nSPS) is 16.3. The molecule has 0 unspecified atom stereocenters. The Kier molecular flexibility index (Phi) is 3.28. The van der Waals surface area contributed by atoms with Gasteiger partial charge in [0.2, 0.25) is 0 Å². The topological polar surface area (TPSA) is 4.93 Å². The molecule has 0 amide bonds. The van der Waals surface area contributed by atoms with Gasteiger partial charge in [0.1, 0.15) is 0 Å². The summed E-state index contributed by atoms with van der Waals surface area (Å²) in [5.41, 5.74) is 9.43. The van der Waals surface area contributed by atoms with Crippen molar-refractivity contribution in [2.24, 2.45) is 7.05 Å². The van der Waals surface area contributed by atoms with Crippen LogP contribution in [0.4, 0.5) is 0 Å². The minimum atomic E-state index is 1.32. The van der Waals surface area contributed by atoms with E-state index in [9.17, 15) is 0 Å². The molecule has 0 spiro atoms. The van der Waals surface area contributed by atoms with Crippen molar-refractivity contribution in [1.82, 2.24) is 4.57 Å². The van der Waals surface area contributed by atoms with Gasteiger partial charge in [0.05, 0.1) is 0 Å². The van der Waals surface area contributed by atoms with Crippen LogP contribution in [0.15, 0.2) is 54.1 Å². The zero-order chi connectivity index (χ0) is 17.0. The van der Waals surface area contributed by atoms with Crippen LogP contribution in [0.2, 0.25) is 0 Å². The van der Waals surface area contributed by atoms with Crippen molar-refractivity contribution in [3.05, 3.63) is 71.0 Å².